The van der Waals surface area contributed by atoms with Crippen LogP contribution in [0.5, 0.6) is 0 Å². The maximum Gasteiger partial charge on any atom is 0.237 e. The topological polar surface area (TPSA) is 32.3 Å². The maximum atomic E-state index is 12.8. The maximum absolute atomic E-state index is 12.8. The number of carbonyl (C=O) groups is 1. The quantitative estimate of drug-likeness (QED) is 0.842. The van der Waals surface area contributed by atoms with Crippen LogP contribution in [0, 0.1) is 12.7 Å². The Morgan fingerprint density at radius 3 is 2.61 bits per heavy atom. The zero-order valence-electron chi connectivity index (χ0n) is 13.8. The van der Waals surface area contributed by atoms with Crippen LogP contribution in [-0.2, 0) is 17.8 Å². The molecule has 2 rings (SSSR count). The molecule has 0 aliphatic carbocycles. The smallest absolute Gasteiger partial charge is 0.237 e. The van der Waals surface area contributed by atoms with Gasteiger partial charge in [-0.15, -0.1) is 11.3 Å². The molecule has 124 valence electrons. The van der Waals surface area contributed by atoms with Gasteiger partial charge in [0.15, 0.2) is 0 Å². The first-order valence-corrected chi connectivity index (χ1v) is 8.60. The van der Waals surface area contributed by atoms with E-state index in [4.69, 9.17) is 0 Å². The molecular formula is C18H23FN2OS. The van der Waals surface area contributed by atoms with Gasteiger partial charge in [0.05, 0.1) is 6.04 Å². The van der Waals surface area contributed by atoms with Crippen LogP contribution in [0.1, 0.15) is 22.9 Å². The summed E-state index contributed by atoms with van der Waals surface area (Å²) < 4.78 is 12.8. The van der Waals surface area contributed by atoms with Gasteiger partial charge in [0.25, 0.3) is 0 Å². The molecule has 0 aliphatic heterocycles. The third kappa shape index (κ3) is 5.15. The van der Waals surface area contributed by atoms with Crippen molar-refractivity contribution in [1.82, 2.24) is 10.2 Å². The number of thiophene rings is 1. The largest absolute Gasteiger partial charge is 0.354 e. The molecule has 0 saturated carbocycles. The van der Waals surface area contributed by atoms with Gasteiger partial charge in [-0.1, -0.05) is 12.1 Å². The van der Waals surface area contributed by atoms with Crippen molar-refractivity contribution in [2.45, 2.75) is 32.9 Å². The number of benzene rings is 1. The molecule has 1 N–H and O–H groups in total. The fraction of sp³-hybridized carbons (Fsp3) is 0.389. The number of rotatable bonds is 7. The molecule has 0 saturated heterocycles. The van der Waals surface area contributed by atoms with Crippen LogP contribution in [0.2, 0.25) is 0 Å². The van der Waals surface area contributed by atoms with E-state index in [1.165, 1.54) is 22.6 Å². The van der Waals surface area contributed by atoms with Crippen molar-refractivity contribution in [3.8, 4) is 0 Å². The minimum Gasteiger partial charge on any atom is -0.354 e. The van der Waals surface area contributed by atoms with Gasteiger partial charge in [0.1, 0.15) is 5.82 Å². The van der Waals surface area contributed by atoms with E-state index < -0.39 is 0 Å². The van der Waals surface area contributed by atoms with Gasteiger partial charge in [0.2, 0.25) is 5.91 Å². The van der Waals surface area contributed by atoms with Crippen molar-refractivity contribution in [3.05, 3.63) is 57.5 Å². The van der Waals surface area contributed by atoms with Crippen molar-refractivity contribution in [2.24, 2.45) is 0 Å². The first-order valence-electron chi connectivity index (χ1n) is 7.72. The lowest BCUT2D eigenvalue weighted by Gasteiger charge is -2.23. The van der Waals surface area contributed by atoms with Crippen molar-refractivity contribution >= 4 is 17.2 Å². The lowest BCUT2D eigenvalue weighted by Crippen LogP contribution is -2.43. The summed E-state index contributed by atoms with van der Waals surface area (Å²) in [6.07, 6.45) is 0.701. The molecular weight excluding hydrogens is 311 g/mol. The summed E-state index contributed by atoms with van der Waals surface area (Å²) in [4.78, 5) is 15.6. The average molecular weight is 334 g/mol. The molecule has 3 nitrogen and oxygen atoms in total. The summed E-state index contributed by atoms with van der Waals surface area (Å²) in [5.74, 6) is -0.222. The van der Waals surface area contributed by atoms with Crippen molar-refractivity contribution in [3.63, 3.8) is 0 Å². The molecule has 1 atom stereocenters. The molecule has 1 amide bonds. The second kappa shape index (κ2) is 8.22. The lowest BCUT2D eigenvalue weighted by molar-refractivity contribution is -0.125. The van der Waals surface area contributed by atoms with Gasteiger partial charge in [-0.25, -0.2) is 4.39 Å². The first kappa shape index (κ1) is 17.6. The zero-order valence-corrected chi connectivity index (χ0v) is 14.6. The van der Waals surface area contributed by atoms with Crippen LogP contribution in [-0.4, -0.2) is 30.4 Å². The van der Waals surface area contributed by atoms with Gasteiger partial charge in [-0.3, -0.25) is 9.69 Å². The van der Waals surface area contributed by atoms with E-state index in [9.17, 15) is 9.18 Å². The standard InChI is InChI=1S/C18H23FN2OS/c1-13-9-11-23-17(13)12-21(3)14(2)18(22)20-10-8-15-4-6-16(19)7-5-15/h4-7,9,11,14H,8,10,12H2,1-3H3,(H,20,22). The number of nitrogens with zero attached hydrogens (tertiary/aromatic N) is 1. The Morgan fingerprint density at radius 1 is 1.30 bits per heavy atom. The van der Waals surface area contributed by atoms with Crippen LogP contribution in [0.3, 0.4) is 0 Å². The predicted molar refractivity (Wildman–Crippen MR) is 93.1 cm³/mol. The van der Waals surface area contributed by atoms with Gasteiger partial charge in [-0.05, 0) is 62.0 Å². The van der Waals surface area contributed by atoms with E-state index in [1.807, 2.05) is 18.9 Å². The average Bonchev–Trinajstić information content (AvgIpc) is 2.93. The molecule has 0 spiro atoms. The molecule has 0 aliphatic rings. The minimum atomic E-state index is -0.239. The molecule has 1 aromatic heterocycles. The molecule has 2 aromatic rings. The van der Waals surface area contributed by atoms with Crippen molar-refractivity contribution in [2.75, 3.05) is 13.6 Å². The van der Waals surface area contributed by atoms with E-state index in [2.05, 4.69) is 23.7 Å². The number of aryl methyl sites for hydroxylation is 1. The van der Waals surface area contributed by atoms with E-state index in [1.54, 1.807) is 23.5 Å². The third-order valence-corrected chi connectivity index (χ3v) is 5.04. The van der Waals surface area contributed by atoms with Crippen LogP contribution in [0.25, 0.3) is 0 Å². The van der Waals surface area contributed by atoms with Crippen LogP contribution in [0.4, 0.5) is 4.39 Å². The lowest BCUT2D eigenvalue weighted by atomic mass is 10.1. The number of likely N-dealkylation sites (N-methyl/N-ethyl adjacent to an activating group) is 1. The fourth-order valence-corrected chi connectivity index (χ4v) is 3.23. The van der Waals surface area contributed by atoms with Crippen molar-refractivity contribution in [1.29, 1.82) is 0 Å². The number of hydrogen-bond acceptors (Lipinski definition) is 3. The summed E-state index contributed by atoms with van der Waals surface area (Å²) >= 11 is 1.72. The molecule has 0 radical (unpaired) electrons. The van der Waals surface area contributed by atoms with Crippen molar-refractivity contribution < 1.29 is 9.18 Å². The summed E-state index contributed by atoms with van der Waals surface area (Å²) in [7, 11) is 1.96. The van der Waals surface area contributed by atoms with Gasteiger partial charge in [-0.2, -0.15) is 0 Å². The Kier molecular flexibility index (Phi) is 6.30. The highest BCUT2D eigenvalue weighted by Crippen LogP contribution is 2.18. The minimum absolute atomic E-state index is 0.0174. The molecule has 23 heavy (non-hydrogen) atoms. The molecule has 0 fully saturated rings. The number of carbonyl (C=O) groups excluding carboxylic acids is 1. The highest BCUT2D eigenvalue weighted by atomic mass is 32.1. The zero-order chi connectivity index (χ0) is 16.8. The first-order chi connectivity index (χ1) is 11.0. The summed E-state index contributed by atoms with van der Waals surface area (Å²) in [5.41, 5.74) is 2.28. The molecule has 1 heterocycles. The number of hydrogen-bond donors (Lipinski definition) is 1. The second-order valence-electron chi connectivity index (χ2n) is 5.79. The summed E-state index contributed by atoms with van der Waals surface area (Å²) in [6.45, 7) is 5.33. The predicted octanol–water partition coefficient (Wildman–Crippen LogP) is 3.37. The van der Waals surface area contributed by atoms with E-state index in [-0.39, 0.29) is 17.8 Å². The Balaban J connectivity index is 1.78. The van der Waals surface area contributed by atoms with E-state index in [0.717, 1.165) is 12.1 Å². The highest BCUT2D eigenvalue weighted by molar-refractivity contribution is 7.10. The number of nitrogens with one attached hydrogen (secondary N) is 1. The van der Waals surface area contributed by atoms with Crippen LogP contribution < -0.4 is 5.32 Å². The highest BCUT2D eigenvalue weighted by Gasteiger charge is 2.18. The van der Waals surface area contributed by atoms with Gasteiger partial charge in [0, 0.05) is 18.0 Å². The second-order valence-corrected chi connectivity index (χ2v) is 6.79. The number of amides is 1. The number of halogens is 1. The third-order valence-electron chi connectivity index (χ3n) is 4.03. The molecule has 1 unspecified atom stereocenters. The van der Waals surface area contributed by atoms with E-state index >= 15 is 0 Å². The monoisotopic (exact) mass is 334 g/mol. The fourth-order valence-electron chi connectivity index (χ4n) is 2.26. The normalized spacial score (nSPS) is 12.4. The Morgan fingerprint density at radius 2 is 2.00 bits per heavy atom. The Bertz CT molecular complexity index is 639. The Labute approximate surface area is 141 Å². The van der Waals surface area contributed by atoms with Crippen LogP contribution >= 0.6 is 11.3 Å². The van der Waals surface area contributed by atoms with Gasteiger partial charge >= 0.3 is 0 Å². The Hall–Kier alpha value is -1.72. The molecule has 1 aromatic carbocycles. The SMILES string of the molecule is Cc1ccsc1CN(C)C(C)C(=O)NCCc1ccc(F)cc1. The molecule has 5 heteroatoms. The van der Waals surface area contributed by atoms with E-state index in [0.29, 0.717) is 13.0 Å². The van der Waals surface area contributed by atoms with Gasteiger partial charge < -0.3 is 5.32 Å². The molecule has 0 bridgehead atoms. The summed E-state index contributed by atoms with van der Waals surface area (Å²) in [6, 6.07) is 8.28. The summed E-state index contributed by atoms with van der Waals surface area (Å²) in [5, 5.41) is 5.03. The van der Waals surface area contributed by atoms with Crippen LogP contribution in [0.15, 0.2) is 35.7 Å².